The Kier molecular flexibility index (Phi) is 12.2. The number of rotatable bonds is 6. The molecule has 0 aliphatic heterocycles. The summed E-state index contributed by atoms with van der Waals surface area (Å²) < 4.78 is 1.11. The van der Waals surface area contributed by atoms with Crippen LogP contribution in [0, 0.1) is 13.8 Å². The quantitative estimate of drug-likeness (QED) is 0.198. The Balaban J connectivity index is 0.00000260. The summed E-state index contributed by atoms with van der Waals surface area (Å²) in [5.41, 5.74) is 17.7. The molecule has 4 aromatic rings. The molecule has 0 saturated heterocycles. The molecule has 0 spiro atoms. The number of benzene rings is 4. The van der Waals surface area contributed by atoms with Crippen LogP contribution < -0.4 is 24.8 Å². The Morgan fingerprint density at radius 1 is 0.562 bits per heavy atom. The molecule has 0 heterocycles. The minimum Gasteiger partial charge on any atom is -1.00 e. The molecule has 2 aliphatic rings. The molecule has 0 saturated carbocycles. The van der Waals surface area contributed by atoms with Crippen LogP contribution in [0.15, 0.2) is 84.9 Å². The standard InChI is InChI=1S/2C20H21.C4H10Si.2ClH.Zr/c2*1-14-11-18(20(2,3)4)9-10-19(14)17-12-15-7-5-6-8-16(15)13-17;1-3-5-4-2;;;/h2*5-13H,1-4H3;3-4H2,1-2H3;2*1H;/q;;;;;+2/p-2. The Hall–Kier alpha value is -1.96. The number of fused-ring (bicyclic) bond motifs is 2. The van der Waals surface area contributed by atoms with Crippen molar-refractivity contribution in [3.8, 4) is 0 Å². The zero-order chi connectivity index (χ0) is 33.0. The predicted molar refractivity (Wildman–Crippen MR) is 201 cm³/mol. The molecule has 2 aliphatic carbocycles. The van der Waals surface area contributed by atoms with Gasteiger partial charge in [0, 0.05) is 0 Å². The van der Waals surface area contributed by atoms with Gasteiger partial charge in [-0.15, -0.1) is 0 Å². The van der Waals surface area contributed by atoms with Gasteiger partial charge in [-0.2, -0.15) is 0 Å². The van der Waals surface area contributed by atoms with Crippen molar-refractivity contribution in [2.45, 2.75) is 99.4 Å². The fourth-order valence-electron chi connectivity index (χ4n) is 7.93. The molecule has 4 heteroatoms. The van der Waals surface area contributed by atoms with Gasteiger partial charge < -0.3 is 24.8 Å². The van der Waals surface area contributed by atoms with E-state index in [9.17, 15) is 0 Å². The Bertz CT molecular complexity index is 1780. The fraction of sp³-hybridized carbons (Fsp3) is 0.364. The Morgan fingerprint density at radius 2 is 0.938 bits per heavy atom. The van der Waals surface area contributed by atoms with E-state index in [4.69, 9.17) is 0 Å². The maximum absolute atomic E-state index is 2.60. The minimum absolute atomic E-state index is 0. The van der Waals surface area contributed by atoms with Gasteiger partial charge in [-0.3, -0.25) is 0 Å². The largest absolute Gasteiger partial charge is 1.00 e. The van der Waals surface area contributed by atoms with Crippen molar-refractivity contribution in [2.75, 3.05) is 0 Å². The van der Waals surface area contributed by atoms with Crippen LogP contribution >= 0.6 is 0 Å². The van der Waals surface area contributed by atoms with Crippen molar-refractivity contribution in [2.24, 2.45) is 0 Å². The number of allylic oxidation sites excluding steroid dienone is 2. The Labute approximate surface area is 311 Å². The van der Waals surface area contributed by atoms with E-state index < -0.39 is 25.8 Å². The summed E-state index contributed by atoms with van der Waals surface area (Å²) in [7, 11) is 0. The molecule has 0 N–H and O–H groups in total. The van der Waals surface area contributed by atoms with Crippen LogP contribution in [0.25, 0.3) is 23.3 Å². The molecule has 0 amide bonds. The Morgan fingerprint density at radius 3 is 1.27 bits per heavy atom. The first-order valence-electron chi connectivity index (χ1n) is 17.4. The number of halogens is 2. The van der Waals surface area contributed by atoms with Crippen molar-refractivity contribution >= 4 is 28.7 Å². The topological polar surface area (TPSA) is 0 Å². The third-order valence-electron chi connectivity index (χ3n) is 10.5. The minimum atomic E-state index is -2.41. The van der Waals surface area contributed by atoms with Crippen LogP contribution in [-0.4, -0.2) is 5.43 Å². The zero-order valence-electron chi connectivity index (χ0n) is 30.6. The van der Waals surface area contributed by atoms with Gasteiger partial charge in [-0.1, -0.05) is 0 Å². The molecule has 48 heavy (non-hydrogen) atoms. The summed E-state index contributed by atoms with van der Waals surface area (Å²) in [4.78, 5) is 0. The third kappa shape index (κ3) is 7.26. The van der Waals surface area contributed by atoms with E-state index in [-0.39, 0.29) is 35.6 Å². The molecular formula is C44H52Cl2SiZr. The van der Waals surface area contributed by atoms with Gasteiger partial charge in [0.25, 0.3) is 0 Å². The number of hydrogen-bond acceptors (Lipinski definition) is 0. The molecule has 2 atom stereocenters. The van der Waals surface area contributed by atoms with E-state index in [0.29, 0.717) is 7.25 Å². The van der Waals surface area contributed by atoms with Crippen molar-refractivity contribution < 1.29 is 45.2 Å². The SMILES string of the molecule is CC[Si](CC)=[Zr+2]([CH]1C(c2ccc(C(C)(C)C)cc2C)=Cc2ccccc21)[CH]1C(c2ccc(C(C)(C)C)cc2C)=Cc2ccccc21.[Cl-].[Cl-]. The van der Waals surface area contributed by atoms with E-state index in [2.05, 4.69) is 166 Å². The second-order valence-corrected chi connectivity index (χ2v) is 32.0. The van der Waals surface area contributed by atoms with E-state index >= 15 is 0 Å². The van der Waals surface area contributed by atoms with Gasteiger partial charge in [-0.25, -0.2) is 0 Å². The summed E-state index contributed by atoms with van der Waals surface area (Å²) in [6, 6.07) is 36.3. The van der Waals surface area contributed by atoms with Crippen molar-refractivity contribution in [3.05, 3.63) is 141 Å². The van der Waals surface area contributed by atoms with E-state index in [1.807, 2.05) is 0 Å². The number of aryl methyl sites for hydroxylation is 2. The molecule has 0 aromatic heterocycles. The monoisotopic (exact) mass is 768 g/mol. The third-order valence-corrected chi connectivity index (χ3v) is 33.8. The smallest absolute Gasteiger partial charge is 1.00 e. The van der Waals surface area contributed by atoms with E-state index in [1.54, 1.807) is 22.3 Å². The molecule has 250 valence electrons. The average Bonchev–Trinajstić information content (AvgIpc) is 3.57. The summed E-state index contributed by atoms with van der Waals surface area (Å²) in [6.45, 7) is 23.7. The summed E-state index contributed by atoms with van der Waals surface area (Å²) in [5, 5.41) is 0. The molecule has 0 bridgehead atoms. The van der Waals surface area contributed by atoms with Crippen LogP contribution in [0.5, 0.6) is 0 Å². The maximum Gasteiger partial charge on any atom is -1.00 e. The van der Waals surface area contributed by atoms with Crippen LogP contribution in [0.3, 0.4) is 0 Å². The second kappa shape index (κ2) is 15.1. The van der Waals surface area contributed by atoms with Gasteiger partial charge in [0.2, 0.25) is 0 Å². The van der Waals surface area contributed by atoms with Gasteiger partial charge in [-0.05, 0) is 0 Å². The molecule has 2 unspecified atom stereocenters. The first-order valence-corrected chi connectivity index (χ1v) is 25.8. The number of hydrogen-bond donors (Lipinski definition) is 0. The molecule has 0 fully saturated rings. The van der Waals surface area contributed by atoms with E-state index in [0.717, 1.165) is 0 Å². The molecule has 6 rings (SSSR count). The van der Waals surface area contributed by atoms with Gasteiger partial charge in [0.15, 0.2) is 0 Å². The van der Waals surface area contributed by atoms with Gasteiger partial charge in [0.1, 0.15) is 0 Å². The van der Waals surface area contributed by atoms with Gasteiger partial charge in [0.05, 0.1) is 0 Å². The van der Waals surface area contributed by atoms with Crippen molar-refractivity contribution in [1.82, 2.24) is 0 Å². The second-order valence-electron chi connectivity index (χ2n) is 15.6. The summed E-state index contributed by atoms with van der Waals surface area (Å²) in [5.74, 6) is 0. The zero-order valence-corrected chi connectivity index (χ0v) is 35.5. The average molecular weight is 771 g/mol. The van der Waals surface area contributed by atoms with Crippen LogP contribution in [0.1, 0.15) is 118 Å². The molecule has 0 nitrogen and oxygen atoms in total. The van der Waals surface area contributed by atoms with Crippen molar-refractivity contribution in [3.63, 3.8) is 0 Å². The van der Waals surface area contributed by atoms with E-state index in [1.165, 1.54) is 56.6 Å². The molecule has 0 radical (unpaired) electrons. The fourth-order valence-corrected chi connectivity index (χ4v) is 32.4. The predicted octanol–water partition coefficient (Wildman–Crippen LogP) is 6.45. The van der Waals surface area contributed by atoms with Gasteiger partial charge >= 0.3 is 289 Å². The molecule has 4 aromatic carbocycles. The molecular weight excluding hydrogens is 719 g/mol. The van der Waals surface area contributed by atoms with Crippen molar-refractivity contribution in [1.29, 1.82) is 0 Å². The normalized spacial score (nSPS) is 16.4. The summed E-state index contributed by atoms with van der Waals surface area (Å²) in [6.07, 6.45) is 5.19. The summed E-state index contributed by atoms with van der Waals surface area (Å²) >= 11 is -2.41. The first-order chi connectivity index (χ1) is 21.8. The van der Waals surface area contributed by atoms with Crippen LogP contribution in [-0.2, 0) is 31.2 Å². The first kappa shape index (κ1) is 38.8. The van der Waals surface area contributed by atoms with Crippen LogP contribution in [0.4, 0.5) is 0 Å². The maximum atomic E-state index is 2.60. The van der Waals surface area contributed by atoms with Crippen LogP contribution in [0.2, 0.25) is 12.1 Å².